The Morgan fingerprint density at radius 1 is 1.37 bits per heavy atom. The number of carbonyl (C=O) groups is 1. The number of benzene rings is 1. The van der Waals surface area contributed by atoms with Gasteiger partial charge in [0.15, 0.2) is 0 Å². The summed E-state index contributed by atoms with van der Waals surface area (Å²) < 4.78 is 10.5. The van der Waals surface area contributed by atoms with Gasteiger partial charge in [0, 0.05) is 0 Å². The molecule has 1 N–H and O–H groups in total. The number of ether oxygens (including phenoxy) is 2. The zero-order chi connectivity index (χ0) is 14.3. The van der Waals surface area contributed by atoms with E-state index in [2.05, 4.69) is 18.3 Å². The average molecular weight is 265 g/mol. The minimum Gasteiger partial charge on any atom is -0.491 e. The lowest BCUT2D eigenvalue weighted by Gasteiger charge is -2.27. The van der Waals surface area contributed by atoms with E-state index >= 15 is 0 Å². The Bertz CT molecular complexity index is 420. The van der Waals surface area contributed by atoms with E-state index in [1.807, 2.05) is 25.1 Å². The molecule has 0 amide bonds. The molecule has 0 heterocycles. The van der Waals surface area contributed by atoms with Crippen molar-refractivity contribution in [3.8, 4) is 5.75 Å². The van der Waals surface area contributed by atoms with Gasteiger partial charge < -0.3 is 9.47 Å². The van der Waals surface area contributed by atoms with Crippen LogP contribution in [0, 0.1) is 0 Å². The van der Waals surface area contributed by atoms with Crippen molar-refractivity contribution in [3.05, 3.63) is 29.8 Å². The van der Waals surface area contributed by atoms with E-state index in [1.165, 1.54) is 12.7 Å². The van der Waals surface area contributed by atoms with Gasteiger partial charge in [-0.2, -0.15) is 0 Å². The van der Waals surface area contributed by atoms with Gasteiger partial charge in [-0.05, 0) is 37.6 Å². The summed E-state index contributed by atoms with van der Waals surface area (Å²) in [4.78, 5) is 11.8. The van der Waals surface area contributed by atoms with Gasteiger partial charge in [0.1, 0.15) is 17.9 Å². The van der Waals surface area contributed by atoms with Gasteiger partial charge in [0.2, 0.25) is 0 Å². The molecule has 0 spiro atoms. The monoisotopic (exact) mass is 265 g/mol. The fraction of sp³-hybridized carbons (Fsp3) is 0.533. The Morgan fingerprint density at radius 3 is 2.68 bits per heavy atom. The maximum Gasteiger partial charge on any atom is 0.329 e. The van der Waals surface area contributed by atoms with E-state index in [-0.39, 0.29) is 12.6 Å². The summed E-state index contributed by atoms with van der Waals surface area (Å²) in [6.45, 7) is 6.73. The van der Waals surface area contributed by atoms with Crippen LogP contribution in [-0.4, -0.2) is 31.8 Å². The first-order valence-electron chi connectivity index (χ1n) is 6.61. The van der Waals surface area contributed by atoms with Gasteiger partial charge in [-0.1, -0.05) is 26.0 Å². The Hall–Kier alpha value is -1.55. The first-order valence-corrected chi connectivity index (χ1v) is 6.61. The molecule has 0 aliphatic carbocycles. The summed E-state index contributed by atoms with van der Waals surface area (Å²) in [5, 5.41) is 3.11. The highest BCUT2D eigenvalue weighted by molar-refractivity contribution is 5.80. The average Bonchev–Trinajstić information content (AvgIpc) is 2.44. The molecular weight excluding hydrogens is 242 g/mol. The van der Waals surface area contributed by atoms with Crippen LogP contribution in [0.3, 0.4) is 0 Å². The second-order valence-corrected chi connectivity index (χ2v) is 4.64. The Balaban J connectivity index is 2.72. The van der Waals surface area contributed by atoms with Gasteiger partial charge in [-0.3, -0.25) is 5.32 Å². The summed E-state index contributed by atoms with van der Waals surface area (Å²) in [7, 11) is 1.38. The topological polar surface area (TPSA) is 47.6 Å². The maximum atomic E-state index is 11.8. The number of nitrogens with one attached hydrogen (secondary N) is 1. The summed E-state index contributed by atoms with van der Waals surface area (Å²) in [6.07, 6.45) is 0.957. The molecule has 106 valence electrons. The Morgan fingerprint density at radius 2 is 2.11 bits per heavy atom. The number of methoxy groups -OCH3 is 1. The number of hydrogen-bond donors (Lipinski definition) is 1. The highest BCUT2D eigenvalue weighted by Gasteiger charge is 2.34. The van der Waals surface area contributed by atoms with Crippen LogP contribution in [0.5, 0.6) is 5.75 Å². The molecule has 0 saturated heterocycles. The molecule has 0 radical (unpaired) electrons. The molecule has 1 aromatic rings. The standard InChI is InChI=1S/C15H23NO3/c1-5-12-8-7-9-13(10-12)19-11-15(3,16-6-2)14(17)18-4/h7-10,16H,5-6,11H2,1-4H3. The molecule has 1 unspecified atom stereocenters. The van der Waals surface area contributed by atoms with Crippen molar-refractivity contribution in [3.63, 3.8) is 0 Å². The third-order valence-corrected chi connectivity index (χ3v) is 3.04. The van der Waals surface area contributed by atoms with Crippen LogP contribution in [0.15, 0.2) is 24.3 Å². The van der Waals surface area contributed by atoms with Crippen molar-refractivity contribution in [1.82, 2.24) is 5.32 Å². The van der Waals surface area contributed by atoms with E-state index in [9.17, 15) is 4.79 Å². The van der Waals surface area contributed by atoms with Gasteiger partial charge >= 0.3 is 5.97 Å². The number of esters is 1. The molecule has 0 saturated carbocycles. The number of aryl methyl sites for hydroxylation is 1. The van der Waals surface area contributed by atoms with Crippen molar-refractivity contribution in [2.75, 3.05) is 20.3 Å². The number of rotatable bonds is 7. The van der Waals surface area contributed by atoms with E-state index in [0.717, 1.165) is 12.2 Å². The van der Waals surface area contributed by atoms with Crippen LogP contribution in [0.2, 0.25) is 0 Å². The van der Waals surface area contributed by atoms with Crippen LogP contribution in [-0.2, 0) is 16.0 Å². The molecule has 0 fully saturated rings. The minimum absolute atomic E-state index is 0.237. The molecule has 4 nitrogen and oxygen atoms in total. The van der Waals surface area contributed by atoms with Gasteiger partial charge in [0.05, 0.1) is 7.11 Å². The molecule has 0 bridgehead atoms. The molecule has 0 aliphatic heterocycles. The van der Waals surface area contributed by atoms with Crippen molar-refractivity contribution in [1.29, 1.82) is 0 Å². The van der Waals surface area contributed by atoms with E-state index in [4.69, 9.17) is 9.47 Å². The number of hydrogen-bond acceptors (Lipinski definition) is 4. The molecule has 19 heavy (non-hydrogen) atoms. The van der Waals surface area contributed by atoms with E-state index in [1.54, 1.807) is 6.92 Å². The molecule has 4 heteroatoms. The molecule has 1 aromatic carbocycles. The molecule has 0 aliphatic rings. The lowest BCUT2D eigenvalue weighted by Crippen LogP contribution is -2.54. The number of carbonyl (C=O) groups excluding carboxylic acids is 1. The first-order chi connectivity index (χ1) is 9.05. The highest BCUT2D eigenvalue weighted by atomic mass is 16.5. The normalized spacial score (nSPS) is 13.7. The summed E-state index contributed by atoms with van der Waals surface area (Å²) >= 11 is 0. The van der Waals surface area contributed by atoms with Crippen molar-refractivity contribution >= 4 is 5.97 Å². The van der Waals surface area contributed by atoms with Gasteiger partial charge in [-0.15, -0.1) is 0 Å². The van der Waals surface area contributed by atoms with Crippen LogP contribution >= 0.6 is 0 Å². The predicted octanol–water partition coefficient (Wildman–Crippen LogP) is 2.17. The third-order valence-electron chi connectivity index (χ3n) is 3.04. The van der Waals surface area contributed by atoms with Crippen LogP contribution in [0.25, 0.3) is 0 Å². The van der Waals surface area contributed by atoms with E-state index in [0.29, 0.717) is 6.54 Å². The molecule has 1 atom stereocenters. The zero-order valence-corrected chi connectivity index (χ0v) is 12.2. The van der Waals surface area contributed by atoms with Crippen LogP contribution < -0.4 is 10.1 Å². The Labute approximate surface area is 115 Å². The Kier molecular flexibility index (Phi) is 5.83. The summed E-state index contributed by atoms with van der Waals surface area (Å²) in [5.41, 5.74) is 0.381. The first kappa shape index (κ1) is 15.5. The lowest BCUT2D eigenvalue weighted by atomic mass is 10.0. The lowest BCUT2D eigenvalue weighted by molar-refractivity contribution is -0.149. The zero-order valence-electron chi connectivity index (χ0n) is 12.2. The van der Waals surface area contributed by atoms with Gasteiger partial charge in [0.25, 0.3) is 0 Å². The van der Waals surface area contributed by atoms with Crippen LogP contribution in [0.4, 0.5) is 0 Å². The predicted molar refractivity (Wildman–Crippen MR) is 75.4 cm³/mol. The third kappa shape index (κ3) is 4.24. The largest absolute Gasteiger partial charge is 0.491 e. The second-order valence-electron chi connectivity index (χ2n) is 4.64. The smallest absolute Gasteiger partial charge is 0.329 e. The number of likely N-dealkylation sites (N-methyl/N-ethyl adjacent to an activating group) is 1. The quantitative estimate of drug-likeness (QED) is 0.768. The van der Waals surface area contributed by atoms with Crippen LogP contribution in [0.1, 0.15) is 26.3 Å². The molecular formula is C15H23NO3. The minimum atomic E-state index is -0.828. The molecule has 0 aromatic heterocycles. The van der Waals surface area contributed by atoms with E-state index < -0.39 is 5.54 Å². The SMILES string of the molecule is CCNC(C)(COc1cccc(CC)c1)C(=O)OC. The summed E-state index contributed by atoms with van der Waals surface area (Å²) in [5.74, 6) is 0.452. The van der Waals surface area contributed by atoms with Crippen molar-refractivity contribution < 1.29 is 14.3 Å². The maximum absolute atomic E-state index is 11.8. The molecule has 1 rings (SSSR count). The fourth-order valence-corrected chi connectivity index (χ4v) is 1.88. The van der Waals surface area contributed by atoms with Crippen molar-refractivity contribution in [2.24, 2.45) is 0 Å². The van der Waals surface area contributed by atoms with Crippen molar-refractivity contribution in [2.45, 2.75) is 32.7 Å². The second kappa shape index (κ2) is 7.14. The summed E-state index contributed by atoms with van der Waals surface area (Å²) in [6, 6.07) is 7.89. The fourth-order valence-electron chi connectivity index (χ4n) is 1.88. The van der Waals surface area contributed by atoms with Gasteiger partial charge in [-0.25, -0.2) is 4.79 Å². The highest BCUT2D eigenvalue weighted by Crippen LogP contribution is 2.16.